The topological polar surface area (TPSA) is 83.7 Å². The summed E-state index contributed by atoms with van der Waals surface area (Å²) in [6.07, 6.45) is 3.41. The molecule has 0 fully saturated rings. The fraction of sp³-hybridized carbons (Fsp3) is 0.118. The number of aliphatic carboxylic acids is 1. The molecule has 1 atom stereocenters. The first-order valence-corrected chi connectivity index (χ1v) is 7.15. The summed E-state index contributed by atoms with van der Waals surface area (Å²) in [5.41, 5.74) is 1.57. The van der Waals surface area contributed by atoms with Gasteiger partial charge in [-0.3, -0.25) is 9.59 Å². The molecule has 3 aromatic rings. The lowest BCUT2D eigenvalue weighted by molar-refractivity contribution is -0.138. The molecule has 2 heterocycles. The van der Waals surface area contributed by atoms with E-state index in [0.29, 0.717) is 11.2 Å². The molecule has 2 aromatic heterocycles. The maximum absolute atomic E-state index is 12.2. The molecular formula is C17H15N3O3. The average Bonchev–Trinajstić information content (AvgIpc) is 2.99. The van der Waals surface area contributed by atoms with Gasteiger partial charge in [0.1, 0.15) is 11.3 Å². The molecular weight excluding hydrogens is 294 g/mol. The summed E-state index contributed by atoms with van der Waals surface area (Å²) in [5, 5.41) is 12.0. The van der Waals surface area contributed by atoms with Gasteiger partial charge in [0.2, 0.25) is 0 Å². The fourth-order valence-electron chi connectivity index (χ4n) is 2.36. The standard InChI is InChI=1S/C17H15N3O3/c21-16(14-11-20-9-5-4-8-15(20)19-14)18-10-13(17(22)23)12-6-2-1-3-7-12/h1-9,11,13H,10H2,(H,18,21)(H,22,23). The van der Waals surface area contributed by atoms with Crippen molar-refractivity contribution in [3.63, 3.8) is 0 Å². The van der Waals surface area contributed by atoms with Gasteiger partial charge in [0.15, 0.2) is 0 Å². The number of fused-ring (bicyclic) bond motifs is 1. The largest absolute Gasteiger partial charge is 0.481 e. The number of hydrogen-bond donors (Lipinski definition) is 2. The first-order chi connectivity index (χ1) is 11.1. The number of pyridine rings is 1. The number of amides is 1. The molecule has 0 aliphatic carbocycles. The van der Waals surface area contributed by atoms with Crippen molar-refractivity contribution in [3.05, 3.63) is 72.2 Å². The van der Waals surface area contributed by atoms with Crippen molar-refractivity contribution in [1.82, 2.24) is 14.7 Å². The van der Waals surface area contributed by atoms with E-state index in [4.69, 9.17) is 0 Å². The molecule has 2 N–H and O–H groups in total. The summed E-state index contributed by atoms with van der Waals surface area (Å²) < 4.78 is 1.74. The number of nitrogens with zero attached hydrogens (tertiary/aromatic N) is 2. The summed E-state index contributed by atoms with van der Waals surface area (Å²) in [7, 11) is 0. The highest BCUT2D eigenvalue weighted by molar-refractivity contribution is 5.93. The molecule has 23 heavy (non-hydrogen) atoms. The molecule has 0 radical (unpaired) electrons. The van der Waals surface area contributed by atoms with Crippen LogP contribution in [0.3, 0.4) is 0 Å². The predicted molar refractivity (Wildman–Crippen MR) is 84.3 cm³/mol. The molecule has 0 aliphatic rings. The molecule has 0 saturated carbocycles. The first-order valence-electron chi connectivity index (χ1n) is 7.15. The number of carboxylic acids is 1. The third-order valence-corrected chi connectivity index (χ3v) is 3.56. The Balaban J connectivity index is 1.73. The van der Waals surface area contributed by atoms with Crippen LogP contribution in [-0.4, -0.2) is 32.9 Å². The predicted octanol–water partition coefficient (Wildman–Crippen LogP) is 1.93. The Morgan fingerprint density at radius 2 is 1.87 bits per heavy atom. The Hall–Kier alpha value is -3.15. The van der Waals surface area contributed by atoms with E-state index in [1.165, 1.54) is 0 Å². The SMILES string of the molecule is O=C(NCC(C(=O)O)c1ccccc1)c1cn2ccccc2n1. The molecule has 1 amide bonds. The van der Waals surface area contributed by atoms with Crippen molar-refractivity contribution in [1.29, 1.82) is 0 Å². The maximum atomic E-state index is 12.2. The zero-order chi connectivity index (χ0) is 16.2. The Kier molecular flexibility index (Phi) is 4.05. The molecule has 0 aliphatic heterocycles. The summed E-state index contributed by atoms with van der Waals surface area (Å²) in [4.78, 5) is 27.8. The number of carboxylic acid groups (broad SMARTS) is 1. The molecule has 1 unspecified atom stereocenters. The second-order valence-corrected chi connectivity index (χ2v) is 5.10. The van der Waals surface area contributed by atoms with E-state index in [-0.39, 0.29) is 12.2 Å². The highest BCUT2D eigenvalue weighted by atomic mass is 16.4. The lowest BCUT2D eigenvalue weighted by atomic mass is 9.99. The van der Waals surface area contributed by atoms with Crippen LogP contribution in [-0.2, 0) is 4.79 Å². The van der Waals surface area contributed by atoms with E-state index in [2.05, 4.69) is 10.3 Å². The maximum Gasteiger partial charge on any atom is 0.312 e. The molecule has 1 aromatic carbocycles. The van der Waals surface area contributed by atoms with Gasteiger partial charge in [-0.25, -0.2) is 4.98 Å². The Morgan fingerprint density at radius 1 is 1.13 bits per heavy atom. The van der Waals surface area contributed by atoms with E-state index < -0.39 is 17.8 Å². The minimum absolute atomic E-state index is 0.00600. The van der Waals surface area contributed by atoms with Gasteiger partial charge in [-0.05, 0) is 17.7 Å². The Morgan fingerprint density at radius 3 is 2.57 bits per heavy atom. The van der Waals surface area contributed by atoms with Crippen molar-refractivity contribution in [2.75, 3.05) is 6.54 Å². The normalized spacial score (nSPS) is 12.0. The van der Waals surface area contributed by atoms with Gasteiger partial charge in [-0.1, -0.05) is 36.4 Å². The van der Waals surface area contributed by atoms with Crippen LogP contribution in [0.1, 0.15) is 22.0 Å². The van der Waals surface area contributed by atoms with E-state index in [9.17, 15) is 14.7 Å². The first kappa shape index (κ1) is 14.8. The third kappa shape index (κ3) is 3.21. The van der Waals surface area contributed by atoms with Crippen molar-refractivity contribution < 1.29 is 14.7 Å². The molecule has 6 heteroatoms. The van der Waals surface area contributed by atoms with E-state index in [1.807, 2.05) is 18.2 Å². The highest BCUT2D eigenvalue weighted by Gasteiger charge is 2.21. The highest BCUT2D eigenvalue weighted by Crippen LogP contribution is 2.15. The number of hydrogen-bond acceptors (Lipinski definition) is 3. The summed E-state index contributed by atoms with van der Waals surface area (Å²) in [5.74, 6) is -2.17. The van der Waals surface area contributed by atoms with E-state index in [1.54, 1.807) is 47.1 Å². The van der Waals surface area contributed by atoms with Crippen LogP contribution in [0.5, 0.6) is 0 Å². The van der Waals surface area contributed by atoms with Crippen LogP contribution < -0.4 is 5.32 Å². The number of carbonyl (C=O) groups is 2. The Labute approximate surface area is 132 Å². The smallest absolute Gasteiger partial charge is 0.312 e. The van der Waals surface area contributed by atoms with Gasteiger partial charge in [0.05, 0.1) is 5.92 Å². The third-order valence-electron chi connectivity index (χ3n) is 3.56. The van der Waals surface area contributed by atoms with Gasteiger partial charge in [0, 0.05) is 18.9 Å². The van der Waals surface area contributed by atoms with Gasteiger partial charge < -0.3 is 14.8 Å². The second kappa shape index (κ2) is 6.31. The van der Waals surface area contributed by atoms with Crippen LogP contribution in [0.2, 0.25) is 0 Å². The average molecular weight is 309 g/mol. The lowest BCUT2D eigenvalue weighted by Gasteiger charge is -2.13. The summed E-state index contributed by atoms with van der Waals surface area (Å²) in [6, 6.07) is 14.3. The minimum Gasteiger partial charge on any atom is -0.481 e. The number of aromatic nitrogens is 2. The number of nitrogens with one attached hydrogen (secondary N) is 1. The molecule has 0 bridgehead atoms. The summed E-state index contributed by atoms with van der Waals surface area (Å²) in [6.45, 7) is 0.00600. The second-order valence-electron chi connectivity index (χ2n) is 5.10. The van der Waals surface area contributed by atoms with Crippen LogP contribution in [0.25, 0.3) is 5.65 Å². The van der Waals surface area contributed by atoms with Gasteiger partial charge >= 0.3 is 5.97 Å². The molecule has 0 spiro atoms. The van der Waals surface area contributed by atoms with Gasteiger partial charge in [0.25, 0.3) is 5.91 Å². The van der Waals surface area contributed by atoms with Crippen molar-refractivity contribution in [2.45, 2.75) is 5.92 Å². The zero-order valence-corrected chi connectivity index (χ0v) is 12.2. The van der Waals surface area contributed by atoms with E-state index >= 15 is 0 Å². The summed E-state index contributed by atoms with van der Waals surface area (Å²) >= 11 is 0. The quantitative estimate of drug-likeness (QED) is 0.754. The van der Waals surface area contributed by atoms with Gasteiger partial charge in [-0.2, -0.15) is 0 Å². The minimum atomic E-state index is -0.980. The van der Waals surface area contributed by atoms with Crippen LogP contribution in [0.15, 0.2) is 60.9 Å². The molecule has 6 nitrogen and oxygen atoms in total. The molecule has 0 saturated heterocycles. The molecule has 3 rings (SSSR count). The number of rotatable bonds is 5. The van der Waals surface area contributed by atoms with Crippen LogP contribution >= 0.6 is 0 Å². The fourth-order valence-corrected chi connectivity index (χ4v) is 2.36. The lowest BCUT2D eigenvalue weighted by Crippen LogP contribution is -2.31. The molecule has 116 valence electrons. The van der Waals surface area contributed by atoms with Crippen LogP contribution in [0.4, 0.5) is 0 Å². The van der Waals surface area contributed by atoms with Crippen molar-refractivity contribution >= 4 is 17.5 Å². The van der Waals surface area contributed by atoms with Gasteiger partial charge in [-0.15, -0.1) is 0 Å². The Bertz CT molecular complexity index is 809. The number of carbonyl (C=O) groups excluding carboxylic acids is 1. The van der Waals surface area contributed by atoms with Crippen molar-refractivity contribution in [3.8, 4) is 0 Å². The van der Waals surface area contributed by atoms with E-state index in [0.717, 1.165) is 0 Å². The number of imidazole rings is 1. The van der Waals surface area contributed by atoms with Crippen LogP contribution in [0, 0.1) is 0 Å². The number of benzene rings is 1. The van der Waals surface area contributed by atoms with Crippen molar-refractivity contribution in [2.24, 2.45) is 0 Å². The zero-order valence-electron chi connectivity index (χ0n) is 12.2. The monoisotopic (exact) mass is 309 g/mol.